The molecule has 1 amide bonds. The summed E-state index contributed by atoms with van der Waals surface area (Å²) in [6.07, 6.45) is 0.511. The molecule has 1 fully saturated rings. The summed E-state index contributed by atoms with van der Waals surface area (Å²) in [4.78, 5) is 16.8. The summed E-state index contributed by atoms with van der Waals surface area (Å²) in [6, 6.07) is 8.85. The molecule has 2 aliphatic heterocycles. The second-order valence-corrected chi connectivity index (χ2v) is 9.28. The van der Waals surface area contributed by atoms with Gasteiger partial charge in [0.05, 0.1) is 9.92 Å². The minimum Gasteiger partial charge on any atom is -0.326 e. The Kier molecular flexibility index (Phi) is 4.92. The van der Waals surface area contributed by atoms with Gasteiger partial charge in [0.25, 0.3) is 5.91 Å². The number of nitrogens with one attached hydrogen (secondary N) is 1. The fourth-order valence-corrected chi connectivity index (χ4v) is 5.23. The lowest BCUT2D eigenvalue weighted by Crippen LogP contribution is -2.52. The second kappa shape index (κ2) is 7.16. The van der Waals surface area contributed by atoms with Gasteiger partial charge in [0, 0.05) is 31.5 Å². The largest absolute Gasteiger partial charge is 0.326 e. The number of halogens is 3. The van der Waals surface area contributed by atoms with E-state index in [1.807, 2.05) is 0 Å². The standard InChI is InChI=1S/C19H16ClF2N3O3S/c20-15-11-14(4-5-16(15)22)29(27,28)25-8-6-19(7-9-25)23-17(18(26)24-19)12-2-1-3-13(21)10-12/h1-5,10-11H,6-9H2,(H,24,26). The molecule has 10 heteroatoms. The van der Waals surface area contributed by atoms with Crippen LogP contribution in [0.25, 0.3) is 0 Å². The first-order valence-corrected chi connectivity index (χ1v) is 10.7. The van der Waals surface area contributed by atoms with Crippen LogP contribution in [0.5, 0.6) is 0 Å². The van der Waals surface area contributed by atoms with Crippen LogP contribution in [0, 0.1) is 11.6 Å². The fraction of sp³-hybridized carbons (Fsp3) is 0.263. The van der Waals surface area contributed by atoms with Gasteiger partial charge in [-0.3, -0.25) is 9.79 Å². The van der Waals surface area contributed by atoms with Crippen LogP contribution in [0.1, 0.15) is 18.4 Å². The summed E-state index contributed by atoms with van der Waals surface area (Å²) in [7, 11) is -3.86. The van der Waals surface area contributed by atoms with E-state index in [1.54, 1.807) is 6.07 Å². The Balaban J connectivity index is 1.54. The highest BCUT2D eigenvalue weighted by Crippen LogP contribution is 2.32. The molecule has 0 aliphatic carbocycles. The van der Waals surface area contributed by atoms with Crippen molar-refractivity contribution in [1.82, 2.24) is 9.62 Å². The summed E-state index contributed by atoms with van der Waals surface area (Å²) in [5, 5.41) is 2.54. The van der Waals surface area contributed by atoms with Crippen LogP contribution in [0.3, 0.4) is 0 Å². The molecule has 0 radical (unpaired) electrons. The zero-order valence-electron chi connectivity index (χ0n) is 15.0. The quantitative estimate of drug-likeness (QED) is 0.798. The third-order valence-electron chi connectivity index (χ3n) is 5.06. The smallest absolute Gasteiger partial charge is 0.272 e. The Labute approximate surface area is 171 Å². The van der Waals surface area contributed by atoms with E-state index < -0.39 is 33.2 Å². The molecule has 2 aromatic rings. The summed E-state index contributed by atoms with van der Waals surface area (Å²) >= 11 is 5.71. The second-order valence-electron chi connectivity index (χ2n) is 6.94. The zero-order valence-corrected chi connectivity index (χ0v) is 16.6. The molecule has 0 atom stereocenters. The van der Waals surface area contributed by atoms with Crippen molar-refractivity contribution in [2.24, 2.45) is 4.99 Å². The van der Waals surface area contributed by atoms with Gasteiger partial charge >= 0.3 is 0 Å². The van der Waals surface area contributed by atoms with Crippen LogP contribution < -0.4 is 5.32 Å². The number of piperidine rings is 1. The number of hydrogen-bond donors (Lipinski definition) is 1. The van der Waals surface area contributed by atoms with Crippen LogP contribution in [0.15, 0.2) is 52.4 Å². The first-order valence-electron chi connectivity index (χ1n) is 8.84. The maximum absolute atomic E-state index is 13.5. The predicted octanol–water partition coefficient (Wildman–Crippen LogP) is 2.72. The van der Waals surface area contributed by atoms with Crippen molar-refractivity contribution >= 4 is 33.2 Å². The number of nitrogens with zero attached hydrogens (tertiary/aromatic N) is 2. The van der Waals surface area contributed by atoms with Gasteiger partial charge in [-0.15, -0.1) is 0 Å². The van der Waals surface area contributed by atoms with Gasteiger partial charge in [-0.05, 0) is 30.3 Å². The van der Waals surface area contributed by atoms with Crippen molar-refractivity contribution in [3.63, 3.8) is 0 Å². The van der Waals surface area contributed by atoms with E-state index >= 15 is 0 Å². The van der Waals surface area contributed by atoms with E-state index in [0.717, 1.165) is 12.1 Å². The van der Waals surface area contributed by atoms with Crippen molar-refractivity contribution < 1.29 is 22.0 Å². The monoisotopic (exact) mass is 439 g/mol. The zero-order chi connectivity index (χ0) is 20.8. The number of rotatable bonds is 3. The average molecular weight is 440 g/mol. The van der Waals surface area contributed by atoms with Gasteiger partial charge in [-0.2, -0.15) is 4.31 Å². The molecule has 1 N–H and O–H groups in total. The number of hydrogen-bond acceptors (Lipinski definition) is 4. The normalized spacial score (nSPS) is 19.3. The van der Waals surface area contributed by atoms with E-state index in [9.17, 15) is 22.0 Å². The van der Waals surface area contributed by atoms with Crippen molar-refractivity contribution in [3.05, 3.63) is 64.7 Å². The highest BCUT2D eigenvalue weighted by atomic mass is 35.5. The number of sulfonamides is 1. The Hall–Kier alpha value is -2.36. The lowest BCUT2D eigenvalue weighted by molar-refractivity contribution is -0.115. The molecular formula is C19H16ClF2N3O3S. The van der Waals surface area contributed by atoms with Crippen molar-refractivity contribution in [1.29, 1.82) is 0 Å². The molecular weight excluding hydrogens is 424 g/mol. The number of benzene rings is 2. The van der Waals surface area contributed by atoms with Gasteiger partial charge in [0.15, 0.2) is 0 Å². The summed E-state index contributed by atoms with van der Waals surface area (Å²) in [6.45, 7) is 0.217. The molecule has 6 nitrogen and oxygen atoms in total. The topological polar surface area (TPSA) is 78.8 Å². The molecule has 0 aromatic heterocycles. The van der Waals surface area contributed by atoms with E-state index in [1.165, 1.54) is 28.6 Å². The van der Waals surface area contributed by atoms with E-state index in [-0.39, 0.29) is 41.6 Å². The maximum Gasteiger partial charge on any atom is 0.272 e. The molecule has 2 aromatic carbocycles. The Morgan fingerprint density at radius 2 is 1.83 bits per heavy atom. The Morgan fingerprint density at radius 1 is 1.10 bits per heavy atom. The molecule has 0 unspecified atom stereocenters. The number of amides is 1. The van der Waals surface area contributed by atoms with Crippen molar-refractivity contribution in [3.8, 4) is 0 Å². The van der Waals surface area contributed by atoms with Gasteiger partial charge in [0.2, 0.25) is 10.0 Å². The number of carbonyl (C=O) groups excluding carboxylic acids is 1. The van der Waals surface area contributed by atoms with Crippen molar-refractivity contribution in [2.75, 3.05) is 13.1 Å². The highest BCUT2D eigenvalue weighted by molar-refractivity contribution is 7.89. The number of aliphatic imine (C=N–C) groups is 1. The van der Waals surface area contributed by atoms with E-state index in [0.29, 0.717) is 5.56 Å². The minimum atomic E-state index is -3.86. The van der Waals surface area contributed by atoms with Crippen LogP contribution >= 0.6 is 11.6 Å². The van der Waals surface area contributed by atoms with Crippen molar-refractivity contribution in [2.45, 2.75) is 23.4 Å². The first kappa shape index (κ1) is 19.9. The summed E-state index contributed by atoms with van der Waals surface area (Å²) in [5.74, 6) is -1.59. The Bertz CT molecular complexity index is 1130. The van der Waals surface area contributed by atoms with Gasteiger partial charge in [0.1, 0.15) is 23.0 Å². The summed E-state index contributed by atoms with van der Waals surface area (Å²) in [5.41, 5.74) is -0.424. The van der Waals surface area contributed by atoms with Crippen LogP contribution in [0.4, 0.5) is 8.78 Å². The molecule has 0 saturated carbocycles. The molecule has 2 heterocycles. The third-order valence-corrected chi connectivity index (χ3v) is 7.25. The third kappa shape index (κ3) is 3.65. The van der Waals surface area contributed by atoms with Crippen LogP contribution in [-0.4, -0.2) is 43.1 Å². The molecule has 1 spiro atoms. The highest BCUT2D eigenvalue weighted by Gasteiger charge is 2.44. The fourth-order valence-electron chi connectivity index (χ4n) is 3.51. The summed E-state index contributed by atoms with van der Waals surface area (Å²) < 4.78 is 53.7. The predicted molar refractivity (Wildman–Crippen MR) is 103 cm³/mol. The lowest BCUT2D eigenvalue weighted by atomic mass is 10.00. The molecule has 4 rings (SSSR count). The number of carbonyl (C=O) groups is 1. The first-order chi connectivity index (χ1) is 13.7. The van der Waals surface area contributed by atoms with Gasteiger partial charge in [-0.25, -0.2) is 17.2 Å². The van der Waals surface area contributed by atoms with Crippen LogP contribution in [0.2, 0.25) is 5.02 Å². The Morgan fingerprint density at radius 3 is 2.48 bits per heavy atom. The maximum atomic E-state index is 13.5. The molecule has 0 bridgehead atoms. The lowest BCUT2D eigenvalue weighted by Gasteiger charge is -2.36. The van der Waals surface area contributed by atoms with E-state index in [4.69, 9.17) is 11.6 Å². The van der Waals surface area contributed by atoms with E-state index in [2.05, 4.69) is 10.3 Å². The van der Waals surface area contributed by atoms with Crippen LogP contribution in [-0.2, 0) is 14.8 Å². The molecule has 2 aliphatic rings. The molecule has 1 saturated heterocycles. The SMILES string of the molecule is O=C1NC2(CCN(S(=O)(=O)c3ccc(F)c(Cl)c3)CC2)N=C1c1cccc(F)c1. The average Bonchev–Trinajstić information content (AvgIpc) is 3.00. The van der Waals surface area contributed by atoms with Gasteiger partial charge < -0.3 is 5.32 Å². The molecule has 152 valence electrons. The minimum absolute atomic E-state index is 0.0979. The molecule has 29 heavy (non-hydrogen) atoms. The van der Waals surface area contributed by atoms with Gasteiger partial charge in [-0.1, -0.05) is 23.7 Å².